The lowest BCUT2D eigenvalue weighted by Crippen LogP contribution is -2.23. The van der Waals surface area contributed by atoms with Crippen molar-refractivity contribution in [3.63, 3.8) is 0 Å². The van der Waals surface area contributed by atoms with Crippen LogP contribution in [-0.2, 0) is 20.5 Å². The number of esters is 1. The predicted octanol–water partition coefficient (Wildman–Crippen LogP) is 3.92. The van der Waals surface area contributed by atoms with E-state index in [-0.39, 0.29) is 5.69 Å². The molecule has 0 fully saturated rings. The number of anilines is 1. The number of ether oxygens (including phenoxy) is 2. The van der Waals surface area contributed by atoms with Gasteiger partial charge in [0.15, 0.2) is 13.2 Å². The molecule has 0 radical (unpaired) electrons. The van der Waals surface area contributed by atoms with Crippen molar-refractivity contribution in [3.8, 4) is 5.75 Å². The zero-order valence-corrected chi connectivity index (χ0v) is 13.9. The Labute approximate surface area is 151 Å². The number of halogens is 4. The molecule has 2 aromatic carbocycles. The van der Waals surface area contributed by atoms with Gasteiger partial charge >= 0.3 is 12.1 Å². The van der Waals surface area contributed by atoms with Crippen molar-refractivity contribution in [1.29, 1.82) is 0 Å². The van der Waals surface area contributed by atoms with E-state index >= 15 is 0 Å². The van der Waals surface area contributed by atoms with Crippen LogP contribution in [0.25, 0.3) is 0 Å². The minimum atomic E-state index is -4.46. The van der Waals surface area contributed by atoms with Crippen LogP contribution in [-0.4, -0.2) is 25.1 Å². The van der Waals surface area contributed by atoms with Crippen LogP contribution in [0.3, 0.4) is 0 Å². The summed E-state index contributed by atoms with van der Waals surface area (Å²) in [5.74, 6) is -1.20. The number of alkyl halides is 3. The summed E-state index contributed by atoms with van der Waals surface area (Å²) in [6, 6.07) is 10.4. The molecule has 5 nitrogen and oxygen atoms in total. The third kappa shape index (κ3) is 5.96. The van der Waals surface area contributed by atoms with Crippen LogP contribution in [0.2, 0.25) is 5.02 Å². The van der Waals surface area contributed by atoms with E-state index in [1.807, 2.05) is 0 Å². The molecule has 1 amide bonds. The number of nitrogens with one attached hydrogen (secondary N) is 1. The highest BCUT2D eigenvalue weighted by Gasteiger charge is 2.29. The molecule has 0 bridgehead atoms. The van der Waals surface area contributed by atoms with Gasteiger partial charge in [0.25, 0.3) is 5.91 Å². The highest BCUT2D eigenvalue weighted by atomic mass is 35.5. The van der Waals surface area contributed by atoms with Crippen molar-refractivity contribution in [2.75, 3.05) is 18.5 Å². The van der Waals surface area contributed by atoms with E-state index in [1.165, 1.54) is 0 Å². The molecule has 1 N–H and O–H groups in total. The molecule has 9 heteroatoms. The van der Waals surface area contributed by atoms with E-state index in [2.05, 4.69) is 5.32 Å². The standard InChI is InChI=1S/C17H13ClF3NO4/c18-13-3-1-2-4-14(13)25-10-16(24)26-9-15(23)22-12-7-5-11(6-8-12)17(19,20)21/h1-8H,9-10H2,(H,22,23). The Morgan fingerprint density at radius 3 is 2.27 bits per heavy atom. The van der Waals surface area contributed by atoms with Crippen molar-refractivity contribution in [1.82, 2.24) is 0 Å². The Hall–Kier alpha value is -2.74. The Bertz CT molecular complexity index is 778. The van der Waals surface area contributed by atoms with Gasteiger partial charge in [0.05, 0.1) is 10.6 Å². The molecule has 0 heterocycles. The van der Waals surface area contributed by atoms with E-state index in [0.29, 0.717) is 10.8 Å². The lowest BCUT2D eigenvalue weighted by molar-refractivity contribution is -0.149. The van der Waals surface area contributed by atoms with Crippen molar-refractivity contribution in [3.05, 3.63) is 59.1 Å². The summed E-state index contributed by atoms with van der Waals surface area (Å²) >= 11 is 5.85. The Morgan fingerprint density at radius 1 is 1.00 bits per heavy atom. The topological polar surface area (TPSA) is 64.6 Å². The number of hydrogen-bond donors (Lipinski definition) is 1. The molecule has 0 aliphatic carbocycles. The van der Waals surface area contributed by atoms with Crippen LogP contribution in [0.4, 0.5) is 18.9 Å². The molecule has 0 atom stereocenters. The Morgan fingerprint density at radius 2 is 1.65 bits per heavy atom. The number of benzene rings is 2. The van der Waals surface area contributed by atoms with Gasteiger partial charge in [0.1, 0.15) is 5.75 Å². The summed E-state index contributed by atoms with van der Waals surface area (Å²) in [6.07, 6.45) is -4.46. The van der Waals surface area contributed by atoms with Crippen LogP contribution in [0.1, 0.15) is 5.56 Å². The number of carbonyl (C=O) groups is 2. The summed E-state index contributed by atoms with van der Waals surface area (Å²) in [5.41, 5.74) is -0.690. The van der Waals surface area contributed by atoms with Gasteiger partial charge in [-0.2, -0.15) is 13.2 Å². The van der Waals surface area contributed by atoms with Gasteiger partial charge < -0.3 is 14.8 Å². The number of carbonyl (C=O) groups excluding carboxylic acids is 2. The molecule has 2 aromatic rings. The van der Waals surface area contributed by atoms with Gasteiger partial charge in [-0.1, -0.05) is 23.7 Å². The van der Waals surface area contributed by atoms with E-state index in [1.54, 1.807) is 24.3 Å². The van der Waals surface area contributed by atoms with E-state index < -0.39 is 36.8 Å². The van der Waals surface area contributed by atoms with Gasteiger partial charge in [-0.3, -0.25) is 4.79 Å². The molecule has 0 aliphatic heterocycles. The average molecular weight is 388 g/mol. The smallest absolute Gasteiger partial charge is 0.416 e. The van der Waals surface area contributed by atoms with Crippen molar-refractivity contribution >= 4 is 29.2 Å². The Kier molecular flexibility index (Phi) is 6.46. The number of amides is 1. The second-order valence-corrected chi connectivity index (χ2v) is 5.41. The predicted molar refractivity (Wildman–Crippen MR) is 88.0 cm³/mol. The quantitative estimate of drug-likeness (QED) is 0.763. The summed E-state index contributed by atoms with van der Waals surface area (Å²) in [7, 11) is 0. The van der Waals surface area contributed by atoms with Crippen molar-refractivity contribution < 1.29 is 32.2 Å². The SMILES string of the molecule is O=C(COC(=O)COc1ccccc1Cl)Nc1ccc(C(F)(F)F)cc1. The lowest BCUT2D eigenvalue weighted by atomic mass is 10.2. The average Bonchev–Trinajstić information content (AvgIpc) is 2.59. The molecule has 0 unspecified atom stereocenters. The summed E-state index contributed by atoms with van der Waals surface area (Å²) in [4.78, 5) is 23.2. The third-order valence-corrected chi connectivity index (χ3v) is 3.35. The first-order valence-electron chi connectivity index (χ1n) is 7.26. The molecule has 2 rings (SSSR count). The molecule has 0 aliphatic rings. The van der Waals surface area contributed by atoms with E-state index in [0.717, 1.165) is 24.3 Å². The first kappa shape index (κ1) is 19.6. The van der Waals surface area contributed by atoms with E-state index in [4.69, 9.17) is 21.1 Å². The molecular formula is C17H13ClF3NO4. The summed E-state index contributed by atoms with van der Waals surface area (Å²) in [5, 5.41) is 2.63. The largest absolute Gasteiger partial charge is 0.480 e. The maximum Gasteiger partial charge on any atom is 0.416 e. The summed E-state index contributed by atoms with van der Waals surface area (Å²) < 4.78 is 47.2. The minimum absolute atomic E-state index is 0.145. The molecule has 0 saturated carbocycles. The number of hydrogen-bond acceptors (Lipinski definition) is 4. The molecule has 0 aromatic heterocycles. The second-order valence-electron chi connectivity index (χ2n) is 5.00. The minimum Gasteiger partial charge on any atom is -0.480 e. The fourth-order valence-electron chi connectivity index (χ4n) is 1.83. The van der Waals surface area contributed by atoms with Gasteiger partial charge in [-0.05, 0) is 36.4 Å². The van der Waals surface area contributed by atoms with E-state index in [9.17, 15) is 22.8 Å². The van der Waals surface area contributed by atoms with Crippen LogP contribution >= 0.6 is 11.6 Å². The number of rotatable bonds is 6. The molecule has 26 heavy (non-hydrogen) atoms. The number of para-hydroxylation sites is 1. The normalized spacial score (nSPS) is 10.9. The van der Waals surface area contributed by atoms with Crippen molar-refractivity contribution in [2.45, 2.75) is 6.18 Å². The molecule has 0 spiro atoms. The third-order valence-electron chi connectivity index (χ3n) is 3.04. The maximum absolute atomic E-state index is 12.4. The fourth-order valence-corrected chi connectivity index (χ4v) is 2.02. The van der Waals surface area contributed by atoms with Gasteiger partial charge in [-0.15, -0.1) is 0 Å². The van der Waals surface area contributed by atoms with Crippen LogP contribution in [0.5, 0.6) is 5.75 Å². The summed E-state index contributed by atoms with van der Waals surface area (Å²) in [6.45, 7) is -1.05. The van der Waals surface area contributed by atoms with Gasteiger partial charge in [0.2, 0.25) is 0 Å². The zero-order chi connectivity index (χ0) is 19.2. The first-order valence-corrected chi connectivity index (χ1v) is 7.63. The zero-order valence-electron chi connectivity index (χ0n) is 13.2. The van der Waals surface area contributed by atoms with Gasteiger partial charge in [0, 0.05) is 5.69 Å². The molecule has 0 saturated heterocycles. The van der Waals surface area contributed by atoms with Crippen LogP contribution < -0.4 is 10.1 Å². The highest BCUT2D eigenvalue weighted by Crippen LogP contribution is 2.29. The molecular weight excluding hydrogens is 375 g/mol. The van der Waals surface area contributed by atoms with Crippen LogP contribution in [0, 0.1) is 0 Å². The molecule has 138 valence electrons. The second kappa shape index (κ2) is 8.57. The Balaban J connectivity index is 1.76. The lowest BCUT2D eigenvalue weighted by Gasteiger charge is -2.10. The van der Waals surface area contributed by atoms with Gasteiger partial charge in [-0.25, -0.2) is 4.79 Å². The highest BCUT2D eigenvalue weighted by molar-refractivity contribution is 6.32. The van der Waals surface area contributed by atoms with Crippen LogP contribution in [0.15, 0.2) is 48.5 Å². The van der Waals surface area contributed by atoms with Crippen molar-refractivity contribution in [2.24, 2.45) is 0 Å². The monoisotopic (exact) mass is 387 g/mol. The maximum atomic E-state index is 12.4. The fraction of sp³-hybridized carbons (Fsp3) is 0.176. The first-order chi connectivity index (χ1) is 12.3.